The van der Waals surface area contributed by atoms with E-state index in [9.17, 15) is 4.79 Å². The molecule has 1 amide bonds. The molecule has 30 heavy (non-hydrogen) atoms. The lowest BCUT2D eigenvalue weighted by Crippen LogP contribution is -2.10. The number of para-hydroxylation sites is 1. The maximum atomic E-state index is 12.5. The summed E-state index contributed by atoms with van der Waals surface area (Å²) in [5.74, 6) is 0.979. The number of amides is 1. The Kier molecular flexibility index (Phi) is 4.36. The molecule has 0 atom stereocenters. The third kappa shape index (κ3) is 3.35. The van der Waals surface area contributed by atoms with Crippen molar-refractivity contribution in [2.24, 2.45) is 0 Å². The molecule has 0 bridgehead atoms. The SMILES string of the molecule is CC(C)c1ccc2oc(-c3ccc(NC(=O)c4cc5ccccc5o4)cc3)nc2c1. The molecule has 0 fully saturated rings. The molecule has 0 aliphatic heterocycles. The van der Waals surface area contributed by atoms with Crippen molar-refractivity contribution in [1.29, 1.82) is 0 Å². The van der Waals surface area contributed by atoms with Crippen LogP contribution in [0.3, 0.4) is 0 Å². The summed E-state index contributed by atoms with van der Waals surface area (Å²) in [4.78, 5) is 17.1. The van der Waals surface area contributed by atoms with Crippen molar-refractivity contribution in [3.05, 3.63) is 84.1 Å². The van der Waals surface area contributed by atoms with E-state index in [-0.39, 0.29) is 11.7 Å². The van der Waals surface area contributed by atoms with E-state index in [4.69, 9.17) is 8.83 Å². The van der Waals surface area contributed by atoms with Gasteiger partial charge >= 0.3 is 0 Å². The number of anilines is 1. The lowest BCUT2D eigenvalue weighted by molar-refractivity contribution is 0.0998. The molecule has 0 unspecified atom stereocenters. The van der Waals surface area contributed by atoms with Crippen LogP contribution >= 0.6 is 0 Å². The zero-order chi connectivity index (χ0) is 20.7. The molecule has 2 aromatic heterocycles. The number of carbonyl (C=O) groups is 1. The molecule has 0 aliphatic rings. The molecule has 5 heteroatoms. The summed E-state index contributed by atoms with van der Waals surface area (Å²) in [5.41, 5.74) is 5.04. The molecule has 0 saturated heterocycles. The molecule has 0 aliphatic carbocycles. The Labute approximate surface area is 173 Å². The van der Waals surface area contributed by atoms with Gasteiger partial charge in [0.15, 0.2) is 11.3 Å². The van der Waals surface area contributed by atoms with Crippen LogP contribution in [0.1, 0.15) is 35.9 Å². The van der Waals surface area contributed by atoms with Crippen LogP contribution in [0.25, 0.3) is 33.5 Å². The third-order valence-electron chi connectivity index (χ3n) is 5.12. The van der Waals surface area contributed by atoms with Crippen molar-refractivity contribution in [2.45, 2.75) is 19.8 Å². The molecule has 2 heterocycles. The average Bonchev–Trinajstić information content (AvgIpc) is 3.38. The molecular formula is C25H20N2O3. The Hall–Kier alpha value is -3.86. The average molecular weight is 396 g/mol. The highest BCUT2D eigenvalue weighted by Gasteiger charge is 2.13. The number of carbonyl (C=O) groups excluding carboxylic acids is 1. The van der Waals surface area contributed by atoms with Crippen LogP contribution in [-0.4, -0.2) is 10.9 Å². The van der Waals surface area contributed by atoms with Crippen molar-refractivity contribution in [1.82, 2.24) is 4.98 Å². The molecule has 5 aromatic rings. The van der Waals surface area contributed by atoms with Gasteiger partial charge in [0.05, 0.1) is 0 Å². The molecule has 0 saturated carbocycles. The fourth-order valence-corrected chi connectivity index (χ4v) is 3.41. The lowest BCUT2D eigenvalue weighted by atomic mass is 10.0. The van der Waals surface area contributed by atoms with Crippen LogP contribution in [0.4, 0.5) is 5.69 Å². The second kappa shape index (κ2) is 7.19. The van der Waals surface area contributed by atoms with Crippen LogP contribution in [0.15, 0.2) is 81.6 Å². The van der Waals surface area contributed by atoms with Crippen LogP contribution in [0, 0.1) is 0 Å². The zero-order valence-electron chi connectivity index (χ0n) is 16.7. The Morgan fingerprint density at radius 2 is 1.70 bits per heavy atom. The number of furan rings is 1. The summed E-state index contributed by atoms with van der Waals surface area (Å²) in [5, 5.41) is 3.76. The van der Waals surface area contributed by atoms with Crippen LogP contribution < -0.4 is 5.32 Å². The fourth-order valence-electron chi connectivity index (χ4n) is 3.41. The van der Waals surface area contributed by atoms with Crippen molar-refractivity contribution in [2.75, 3.05) is 5.32 Å². The smallest absolute Gasteiger partial charge is 0.291 e. The monoisotopic (exact) mass is 396 g/mol. The lowest BCUT2D eigenvalue weighted by Gasteiger charge is -2.03. The highest BCUT2D eigenvalue weighted by atomic mass is 16.4. The fraction of sp³-hybridized carbons (Fsp3) is 0.120. The first kappa shape index (κ1) is 18.2. The van der Waals surface area contributed by atoms with Gasteiger partial charge < -0.3 is 14.2 Å². The second-order valence-electron chi connectivity index (χ2n) is 7.58. The van der Waals surface area contributed by atoms with E-state index in [0.717, 1.165) is 22.0 Å². The van der Waals surface area contributed by atoms with Gasteiger partial charge in [0.25, 0.3) is 5.91 Å². The first-order valence-electron chi connectivity index (χ1n) is 9.88. The Morgan fingerprint density at radius 3 is 2.47 bits per heavy atom. The summed E-state index contributed by atoms with van der Waals surface area (Å²) < 4.78 is 11.5. The predicted molar refractivity (Wildman–Crippen MR) is 118 cm³/mol. The van der Waals surface area contributed by atoms with E-state index >= 15 is 0 Å². The van der Waals surface area contributed by atoms with Gasteiger partial charge in [-0.3, -0.25) is 4.79 Å². The number of aromatic nitrogens is 1. The molecule has 0 spiro atoms. The number of hydrogen-bond acceptors (Lipinski definition) is 4. The number of rotatable bonds is 4. The Balaban J connectivity index is 1.36. The summed E-state index contributed by atoms with van der Waals surface area (Å²) in [7, 11) is 0. The van der Waals surface area contributed by atoms with Gasteiger partial charge in [0.2, 0.25) is 5.89 Å². The first-order chi connectivity index (χ1) is 14.6. The van der Waals surface area contributed by atoms with Gasteiger partial charge in [-0.1, -0.05) is 38.1 Å². The molecule has 0 radical (unpaired) electrons. The van der Waals surface area contributed by atoms with E-state index < -0.39 is 0 Å². The normalized spacial score (nSPS) is 11.4. The maximum absolute atomic E-state index is 12.5. The van der Waals surface area contributed by atoms with Crippen molar-refractivity contribution in [3.8, 4) is 11.5 Å². The summed E-state index contributed by atoms with van der Waals surface area (Å²) in [6.07, 6.45) is 0. The van der Waals surface area contributed by atoms with E-state index in [1.54, 1.807) is 6.07 Å². The molecule has 5 rings (SSSR count). The molecule has 3 aromatic carbocycles. The highest BCUT2D eigenvalue weighted by Crippen LogP contribution is 2.28. The summed E-state index contributed by atoms with van der Waals surface area (Å²) >= 11 is 0. The minimum atomic E-state index is -0.290. The quantitative estimate of drug-likeness (QED) is 0.371. The van der Waals surface area contributed by atoms with E-state index in [2.05, 4.69) is 36.3 Å². The van der Waals surface area contributed by atoms with Gasteiger partial charge in [0.1, 0.15) is 11.1 Å². The number of oxazole rings is 1. The summed E-state index contributed by atoms with van der Waals surface area (Å²) in [6, 6.07) is 22.8. The summed E-state index contributed by atoms with van der Waals surface area (Å²) in [6.45, 7) is 4.31. The van der Waals surface area contributed by atoms with Crippen molar-refractivity contribution in [3.63, 3.8) is 0 Å². The second-order valence-corrected chi connectivity index (χ2v) is 7.58. The van der Waals surface area contributed by atoms with Gasteiger partial charge in [-0.25, -0.2) is 4.98 Å². The molecule has 148 valence electrons. The van der Waals surface area contributed by atoms with Crippen LogP contribution in [0.5, 0.6) is 0 Å². The third-order valence-corrected chi connectivity index (χ3v) is 5.12. The minimum absolute atomic E-state index is 0.278. The number of fused-ring (bicyclic) bond motifs is 2. The van der Waals surface area contributed by atoms with Gasteiger partial charge in [0, 0.05) is 16.6 Å². The number of nitrogens with one attached hydrogen (secondary N) is 1. The van der Waals surface area contributed by atoms with E-state index in [1.807, 2.05) is 54.6 Å². The Bertz CT molecular complexity index is 1330. The van der Waals surface area contributed by atoms with E-state index in [0.29, 0.717) is 23.1 Å². The standard InChI is InChI=1S/C25H20N2O3/c1-15(2)17-9-12-22-20(13-17)27-25(30-22)16-7-10-19(11-8-16)26-24(28)23-14-18-5-3-4-6-21(18)29-23/h3-15H,1-2H3,(H,26,28). The first-order valence-corrected chi connectivity index (χ1v) is 9.88. The maximum Gasteiger partial charge on any atom is 0.291 e. The van der Waals surface area contributed by atoms with Crippen LogP contribution in [0.2, 0.25) is 0 Å². The molecular weight excluding hydrogens is 376 g/mol. The topological polar surface area (TPSA) is 68.3 Å². The Morgan fingerprint density at radius 1 is 0.900 bits per heavy atom. The van der Waals surface area contributed by atoms with Gasteiger partial charge in [-0.2, -0.15) is 0 Å². The molecule has 5 nitrogen and oxygen atoms in total. The number of nitrogens with zero attached hydrogens (tertiary/aromatic N) is 1. The van der Waals surface area contributed by atoms with Crippen LogP contribution in [-0.2, 0) is 0 Å². The van der Waals surface area contributed by atoms with Gasteiger partial charge in [-0.05, 0) is 60.0 Å². The zero-order valence-corrected chi connectivity index (χ0v) is 16.7. The highest BCUT2D eigenvalue weighted by molar-refractivity contribution is 6.04. The van der Waals surface area contributed by atoms with Crippen molar-refractivity contribution < 1.29 is 13.6 Å². The largest absolute Gasteiger partial charge is 0.451 e. The predicted octanol–water partition coefficient (Wildman–Crippen LogP) is 6.62. The minimum Gasteiger partial charge on any atom is -0.451 e. The van der Waals surface area contributed by atoms with E-state index in [1.165, 1.54) is 5.56 Å². The number of hydrogen-bond donors (Lipinski definition) is 1. The van der Waals surface area contributed by atoms with Crippen molar-refractivity contribution >= 4 is 33.7 Å². The number of benzene rings is 3. The van der Waals surface area contributed by atoms with Gasteiger partial charge in [-0.15, -0.1) is 0 Å². The molecule has 1 N–H and O–H groups in total.